The van der Waals surface area contributed by atoms with E-state index in [1.54, 1.807) is 20.8 Å². The number of ether oxygens (including phenoxy) is 6. The molecule has 8 aromatic rings. The molecule has 4 aromatic heterocycles. The zero-order chi connectivity index (χ0) is 57.6. The van der Waals surface area contributed by atoms with Gasteiger partial charge in [-0.25, -0.2) is 19.2 Å². The molecule has 1 atom stereocenters. The fourth-order valence-corrected chi connectivity index (χ4v) is 8.02. The Morgan fingerprint density at radius 2 is 0.800 bits per heavy atom. The molecule has 0 bridgehead atoms. The third-order valence-electron chi connectivity index (χ3n) is 11.8. The van der Waals surface area contributed by atoms with E-state index in [9.17, 15) is 68.4 Å². The van der Waals surface area contributed by atoms with Crippen molar-refractivity contribution in [2.75, 3.05) is 26.4 Å². The fraction of sp³-hybridized carbons (Fsp3) is 0.250. The first-order valence-electron chi connectivity index (χ1n) is 24.2. The molecule has 0 spiro atoms. The molecule has 4 aromatic carbocycles. The van der Waals surface area contributed by atoms with E-state index in [-0.39, 0.29) is 92.6 Å². The summed E-state index contributed by atoms with van der Waals surface area (Å²) in [4.78, 5) is 126. The summed E-state index contributed by atoms with van der Waals surface area (Å²) in [7, 11) is 0. The smallest absolute Gasteiger partial charge is 0.371 e. The van der Waals surface area contributed by atoms with Crippen LogP contribution in [-0.2, 0) is 25.5 Å². The molecule has 1 unspecified atom stereocenters. The largest absolute Gasteiger partial charge is 0.489 e. The van der Waals surface area contributed by atoms with Crippen LogP contribution in [0.4, 0.5) is 0 Å². The number of aryl methyl sites for hydroxylation is 1. The summed E-state index contributed by atoms with van der Waals surface area (Å²) in [6, 6.07) is 18.6. The van der Waals surface area contributed by atoms with Gasteiger partial charge in [-0.3, -0.25) is 28.8 Å². The summed E-state index contributed by atoms with van der Waals surface area (Å²) in [6.07, 6.45) is -2.09. The highest BCUT2D eigenvalue weighted by atomic mass is 16.6. The molecule has 4 heterocycles. The van der Waals surface area contributed by atoms with Crippen molar-refractivity contribution in [2.24, 2.45) is 5.41 Å². The second-order valence-electron chi connectivity index (χ2n) is 18.8. The van der Waals surface area contributed by atoms with Crippen molar-refractivity contribution in [1.82, 2.24) is 0 Å². The number of rotatable bonds is 23. The number of esters is 2. The van der Waals surface area contributed by atoms with Gasteiger partial charge in [-0.15, -0.1) is 0 Å². The summed E-state index contributed by atoms with van der Waals surface area (Å²) >= 11 is 0. The van der Waals surface area contributed by atoms with Crippen molar-refractivity contribution < 1.29 is 95.3 Å². The number of hydrogen-bond donors (Lipinski definition) is 4. The monoisotopic (exact) mass is 1100 g/mol. The molecule has 80 heavy (non-hydrogen) atoms. The molecule has 0 amide bonds. The van der Waals surface area contributed by atoms with Gasteiger partial charge in [-0.05, 0) is 94.1 Å². The van der Waals surface area contributed by atoms with Gasteiger partial charge in [0, 0.05) is 30.7 Å². The van der Waals surface area contributed by atoms with Gasteiger partial charge in [-0.2, -0.15) is 0 Å². The van der Waals surface area contributed by atoms with Gasteiger partial charge in [-0.1, -0.05) is 18.2 Å². The summed E-state index contributed by atoms with van der Waals surface area (Å²) in [5, 5.41) is 37.4. The first kappa shape index (κ1) is 56.0. The van der Waals surface area contributed by atoms with Crippen LogP contribution in [0, 0.1) is 5.41 Å². The molecule has 24 heteroatoms. The topological polar surface area (TPSA) is 360 Å². The van der Waals surface area contributed by atoms with Crippen molar-refractivity contribution in [3.8, 4) is 23.0 Å². The van der Waals surface area contributed by atoms with Crippen molar-refractivity contribution in [1.29, 1.82) is 0 Å². The molecule has 0 saturated carbocycles. The van der Waals surface area contributed by atoms with Crippen LogP contribution < -0.4 is 40.7 Å². The van der Waals surface area contributed by atoms with Crippen LogP contribution in [0.1, 0.15) is 87.8 Å². The van der Waals surface area contributed by atoms with Crippen molar-refractivity contribution in [3.63, 3.8) is 0 Å². The lowest BCUT2D eigenvalue weighted by Gasteiger charge is -2.24. The number of carboxylic acid groups (broad SMARTS) is 4. The van der Waals surface area contributed by atoms with Crippen LogP contribution in [0.2, 0.25) is 0 Å². The van der Waals surface area contributed by atoms with Gasteiger partial charge < -0.3 is 66.5 Å². The van der Waals surface area contributed by atoms with Crippen LogP contribution in [0.3, 0.4) is 0 Å². The number of unbranched alkanes of at least 4 members (excludes halogenated alkanes) is 1. The minimum atomic E-state index is -1.54. The Balaban J connectivity index is 0.994. The number of benzene rings is 4. The Hall–Kier alpha value is -10.3. The Labute approximate surface area is 447 Å². The Bertz CT molecular complexity index is 3910. The third-order valence-corrected chi connectivity index (χ3v) is 11.8. The third kappa shape index (κ3) is 12.9. The quantitative estimate of drug-likeness (QED) is 0.0366. The van der Waals surface area contributed by atoms with Gasteiger partial charge in [0.15, 0.2) is 33.9 Å². The van der Waals surface area contributed by atoms with Gasteiger partial charge in [0.2, 0.25) is 23.0 Å². The zero-order valence-electron chi connectivity index (χ0n) is 42.4. The van der Waals surface area contributed by atoms with E-state index in [0.29, 0.717) is 5.56 Å². The predicted molar refractivity (Wildman–Crippen MR) is 277 cm³/mol. The normalized spacial score (nSPS) is 11.8. The lowest BCUT2D eigenvalue weighted by atomic mass is 9.97. The molecule has 4 N–H and O–H groups in total. The van der Waals surface area contributed by atoms with Gasteiger partial charge in [0.05, 0.1) is 5.41 Å². The van der Waals surface area contributed by atoms with Gasteiger partial charge in [0.1, 0.15) is 93.3 Å². The minimum absolute atomic E-state index is 0.0359. The van der Waals surface area contributed by atoms with Crippen molar-refractivity contribution >= 4 is 79.7 Å². The van der Waals surface area contributed by atoms with Gasteiger partial charge >= 0.3 is 35.8 Å². The number of fused-ring (bicyclic) bond motifs is 4. The van der Waals surface area contributed by atoms with E-state index in [1.165, 1.54) is 66.7 Å². The SMILES string of the molecule is CC(C)(C)C(=O)OC(COc1cccc2oc(C(=O)O)cc(=O)c12)COc1cc(CCCCC(=O)OC(COc2cccc3oc(C(=O)O)cc(=O)c23)COc2cccc3oc(C(=O)O)cc(=O)c23)cc2oc(C(=O)O)cc(=O)c12. The molecule has 0 fully saturated rings. The maximum atomic E-state index is 13.6. The Kier molecular flexibility index (Phi) is 16.5. The summed E-state index contributed by atoms with van der Waals surface area (Å²) in [5.74, 6) is -10.2. The van der Waals surface area contributed by atoms with Crippen LogP contribution in [0.15, 0.2) is 128 Å². The highest BCUT2D eigenvalue weighted by molar-refractivity contribution is 5.92. The molecule has 0 aliphatic carbocycles. The Morgan fingerprint density at radius 3 is 1.18 bits per heavy atom. The molecule has 0 aliphatic heterocycles. The number of carbonyl (C=O) groups excluding carboxylic acids is 2. The molecule has 0 saturated heterocycles. The van der Waals surface area contributed by atoms with Crippen LogP contribution in [-0.4, -0.2) is 94.9 Å². The molecule has 0 radical (unpaired) electrons. The second kappa shape index (κ2) is 23.5. The Morgan fingerprint density at radius 1 is 0.450 bits per heavy atom. The van der Waals surface area contributed by atoms with E-state index in [2.05, 4.69) is 0 Å². The lowest BCUT2D eigenvalue weighted by Crippen LogP contribution is -2.35. The van der Waals surface area contributed by atoms with E-state index in [0.717, 1.165) is 24.3 Å². The highest BCUT2D eigenvalue weighted by Crippen LogP contribution is 2.31. The standard InChI is InChI=1S/C56H46O24/c1-56(2,3)55(70)76-29(25-73-36-12-8-15-39-49(36)32(59)21-44(79-39)53(66)67)26-74-40-17-27(18-41-50(40)33(60)22-45(80-41)54(68)69)9-4-5-16-46(61)75-28(23-71-34-10-6-13-37-47(34)30(57)19-42(77-37)51(62)63)24-72-35-11-7-14-38-48(35)31(58)20-43(78-38)52(64)65/h6-8,10-15,17-22,28-29H,4-5,9,16,23-26H2,1-3H3,(H,62,63)(H,64,65)(H,66,67)(H,68,69). The lowest BCUT2D eigenvalue weighted by molar-refractivity contribution is -0.161. The number of aromatic carboxylic acids is 4. The van der Waals surface area contributed by atoms with E-state index >= 15 is 0 Å². The molecule has 0 aliphatic rings. The summed E-state index contributed by atoms with van der Waals surface area (Å²) in [6.45, 7) is 2.97. The first-order chi connectivity index (χ1) is 38.0. The van der Waals surface area contributed by atoms with Crippen LogP contribution >= 0.6 is 0 Å². The van der Waals surface area contributed by atoms with E-state index in [1.807, 2.05) is 0 Å². The first-order valence-corrected chi connectivity index (χ1v) is 24.2. The minimum Gasteiger partial charge on any atom is -0.489 e. The van der Waals surface area contributed by atoms with Crippen LogP contribution in [0.5, 0.6) is 23.0 Å². The van der Waals surface area contributed by atoms with Crippen molar-refractivity contribution in [2.45, 2.75) is 58.7 Å². The maximum Gasteiger partial charge on any atom is 0.371 e. The molecular formula is C56H46O24. The average molecular weight is 1100 g/mol. The van der Waals surface area contributed by atoms with E-state index < -0.39 is 125 Å². The zero-order valence-corrected chi connectivity index (χ0v) is 42.4. The molecule has 24 nitrogen and oxygen atoms in total. The van der Waals surface area contributed by atoms with Crippen LogP contribution in [0.25, 0.3) is 43.9 Å². The maximum absolute atomic E-state index is 13.6. The van der Waals surface area contributed by atoms with Gasteiger partial charge in [0.25, 0.3) is 0 Å². The number of carbonyl (C=O) groups is 6. The predicted octanol–water partition coefficient (Wildman–Crippen LogP) is 7.10. The number of carboxylic acids is 4. The van der Waals surface area contributed by atoms with Crippen molar-refractivity contribution in [3.05, 3.63) is 160 Å². The molecular weight excluding hydrogens is 1060 g/mol. The van der Waals surface area contributed by atoms with E-state index in [4.69, 9.17) is 46.1 Å². The molecule has 414 valence electrons. The average Bonchev–Trinajstić information content (AvgIpc) is 3.48. The summed E-state index contributed by atoms with van der Waals surface area (Å²) < 4.78 is 57.2. The molecule has 8 rings (SSSR count). The fourth-order valence-electron chi connectivity index (χ4n) is 8.02. The summed E-state index contributed by atoms with van der Waals surface area (Å²) in [5.41, 5.74) is -4.06. The second-order valence-corrected chi connectivity index (χ2v) is 18.8. The highest BCUT2D eigenvalue weighted by Gasteiger charge is 2.29. The number of hydrogen-bond acceptors (Lipinski definition) is 20.